The first-order valence-electron chi connectivity index (χ1n) is 4.69. The average Bonchev–Trinajstić information content (AvgIpc) is 2.17. The minimum atomic E-state index is -0.187. The second-order valence-corrected chi connectivity index (χ2v) is 4.36. The van der Waals surface area contributed by atoms with Crippen molar-refractivity contribution in [3.63, 3.8) is 0 Å². The third-order valence-corrected chi connectivity index (χ3v) is 2.77. The van der Waals surface area contributed by atoms with Crippen LogP contribution < -0.4 is 0 Å². The lowest BCUT2D eigenvalue weighted by atomic mass is 10.0. The summed E-state index contributed by atoms with van der Waals surface area (Å²) in [5.41, 5.74) is 2.53. The lowest BCUT2D eigenvalue weighted by Gasteiger charge is -2.08. The zero-order chi connectivity index (χ0) is 10.8. The Kier molecular flexibility index (Phi) is 2.87. The summed E-state index contributed by atoms with van der Waals surface area (Å²) in [7, 11) is 0. The van der Waals surface area contributed by atoms with Gasteiger partial charge in [-0.25, -0.2) is 4.39 Å². The Morgan fingerprint density at radius 3 is 2.33 bits per heavy atom. The molecule has 0 heterocycles. The Morgan fingerprint density at radius 1 is 1.07 bits per heavy atom. The predicted molar refractivity (Wildman–Crippen MR) is 64.3 cm³/mol. The van der Waals surface area contributed by atoms with Crippen molar-refractivity contribution in [3.8, 4) is 11.1 Å². The highest BCUT2D eigenvalue weighted by Crippen LogP contribution is 2.29. The van der Waals surface area contributed by atoms with Crippen LogP contribution in [0.15, 0.2) is 46.9 Å². The van der Waals surface area contributed by atoms with E-state index in [2.05, 4.69) is 15.9 Å². The fourth-order valence-electron chi connectivity index (χ4n) is 1.67. The van der Waals surface area contributed by atoms with Crippen LogP contribution in [0.3, 0.4) is 0 Å². The molecule has 0 aliphatic rings. The third kappa shape index (κ3) is 2.10. The molecule has 0 saturated heterocycles. The van der Waals surface area contributed by atoms with Crippen LogP contribution in [0.25, 0.3) is 11.1 Å². The van der Waals surface area contributed by atoms with Gasteiger partial charge in [0.15, 0.2) is 0 Å². The molecule has 0 radical (unpaired) electrons. The molecule has 0 aliphatic carbocycles. The summed E-state index contributed by atoms with van der Waals surface area (Å²) in [4.78, 5) is 0. The zero-order valence-electron chi connectivity index (χ0n) is 8.30. The first-order chi connectivity index (χ1) is 7.18. The Labute approximate surface area is 96.9 Å². The molecule has 0 aliphatic heterocycles. The normalized spacial score (nSPS) is 10.3. The van der Waals surface area contributed by atoms with Crippen LogP contribution in [0.4, 0.5) is 4.39 Å². The first-order valence-corrected chi connectivity index (χ1v) is 5.49. The summed E-state index contributed by atoms with van der Waals surface area (Å²) in [5, 5.41) is 0. The SMILES string of the molecule is Cc1cc(Br)cc(F)c1-c1ccccc1. The van der Waals surface area contributed by atoms with E-state index in [4.69, 9.17) is 0 Å². The summed E-state index contributed by atoms with van der Waals surface area (Å²) in [6.07, 6.45) is 0. The number of rotatable bonds is 1. The van der Waals surface area contributed by atoms with Crippen molar-refractivity contribution >= 4 is 15.9 Å². The number of hydrogen-bond donors (Lipinski definition) is 0. The fourth-order valence-corrected chi connectivity index (χ4v) is 2.22. The molecule has 0 N–H and O–H groups in total. The second kappa shape index (κ2) is 4.15. The summed E-state index contributed by atoms with van der Waals surface area (Å²) in [5.74, 6) is -0.187. The molecule has 2 aromatic carbocycles. The van der Waals surface area contributed by atoms with Gasteiger partial charge in [0, 0.05) is 10.0 Å². The van der Waals surface area contributed by atoms with Gasteiger partial charge in [-0.05, 0) is 30.2 Å². The van der Waals surface area contributed by atoms with Gasteiger partial charge < -0.3 is 0 Å². The molecule has 0 nitrogen and oxygen atoms in total. The minimum absolute atomic E-state index is 0.187. The molecular weight excluding hydrogens is 255 g/mol. The largest absolute Gasteiger partial charge is 0.206 e. The molecule has 0 saturated carbocycles. The van der Waals surface area contributed by atoms with Crippen molar-refractivity contribution in [1.82, 2.24) is 0 Å². The molecule has 0 aromatic heterocycles. The monoisotopic (exact) mass is 264 g/mol. The van der Waals surface area contributed by atoms with E-state index in [-0.39, 0.29) is 5.82 Å². The highest BCUT2D eigenvalue weighted by atomic mass is 79.9. The zero-order valence-corrected chi connectivity index (χ0v) is 9.88. The number of aryl methyl sites for hydroxylation is 1. The van der Waals surface area contributed by atoms with E-state index in [0.29, 0.717) is 5.56 Å². The van der Waals surface area contributed by atoms with Crippen molar-refractivity contribution in [2.45, 2.75) is 6.92 Å². The van der Waals surface area contributed by atoms with Crippen molar-refractivity contribution < 1.29 is 4.39 Å². The second-order valence-electron chi connectivity index (χ2n) is 3.45. The molecule has 0 unspecified atom stereocenters. The molecule has 2 aromatic rings. The highest BCUT2D eigenvalue weighted by molar-refractivity contribution is 9.10. The van der Waals surface area contributed by atoms with Crippen LogP contribution in [0, 0.1) is 12.7 Å². The molecule has 15 heavy (non-hydrogen) atoms. The molecule has 0 amide bonds. The Bertz CT molecular complexity index is 454. The summed E-state index contributed by atoms with van der Waals surface area (Å²) in [6, 6.07) is 13.0. The lowest BCUT2D eigenvalue weighted by Crippen LogP contribution is -1.89. The number of benzene rings is 2. The van der Waals surface area contributed by atoms with Gasteiger partial charge in [-0.3, -0.25) is 0 Å². The van der Waals surface area contributed by atoms with Gasteiger partial charge in [-0.15, -0.1) is 0 Å². The highest BCUT2D eigenvalue weighted by Gasteiger charge is 2.08. The molecule has 2 rings (SSSR count). The minimum Gasteiger partial charge on any atom is -0.206 e. The molecule has 0 spiro atoms. The molecule has 0 bridgehead atoms. The van der Waals surface area contributed by atoms with Crippen LogP contribution in [0.1, 0.15) is 5.56 Å². The Hall–Kier alpha value is -1.15. The van der Waals surface area contributed by atoms with Crippen LogP contribution in [-0.2, 0) is 0 Å². The smallest absolute Gasteiger partial charge is 0.132 e. The Morgan fingerprint density at radius 2 is 1.73 bits per heavy atom. The molecule has 2 heteroatoms. The van der Waals surface area contributed by atoms with Crippen molar-refractivity contribution in [2.75, 3.05) is 0 Å². The molecule has 0 atom stereocenters. The summed E-state index contributed by atoms with van der Waals surface area (Å²) >= 11 is 3.28. The van der Waals surface area contributed by atoms with Crippen molar-refractivity contribution in [2.24, 2.45) is 0 Å². The van der Waals surface area contributed by atoms with E-state index < -0.39 is 0 Å². The standard InChI is InChI=1S/C13H10BrF/c1-9-7-11(14)8-12(15)13(9)10-5-3-2-4-6-10/h2-8H,1H3. The van der Waals surface area contributed by atoms with Gasteiger partial charge in [-0.2, -0.15) is 0 Å². The molecule has 76 valence electrons. The van der Waals surface area contributed by atoms with E-state index in [0.717, 1.165) is 15.6 Å². The van der Waals surface area contributed by atoms with Gasteiger partial charge in [0.1, 0.15) is 5.82 Å². The maximum absolute atomic E-state index is 13.8. The van der Waals surface area contributed by atoms with Gasteiger partial charge >= 0.3 is 0 Å². The summed E-state index contributed by atoms with van der Waals surface area (Å²) in [6.45, 7) is 1.91. The van der Waals surface area contributed by atoms with Crippen LogP contribution >= 0.6 is 15.9 Å². The maximum Gasteiger partial charge on any atom is 0.132 e. The predicted octanol–water partition coefficient (Wildman–Crippen LogP) is 4.56. The van der Waals surface area contributed by atoms with E-state index in [9.17, 15) is 4.39 Å². The quantitative estimate of drug-likeness (QED) is 0.708. The van der Waals surface area contributed by atoms with Crippen LogP contribution in [0.5, 0.6) is 0 Å². The van der Waals surface area contributed by atoms with Gasteiger partial charge in [0.2, 0.25) is 0 Å². The van der Waals surface area contributed by atoms with Crippen LogP contribution in [0.2, 0.25) is 0 Å². The van der Waals surface area contributed by atoms with Gasteiger partial charge in [0.05, 0.1) is 0 Å². The average molecular weight is 265 g/mol. The van der Waals surface area contributed by atoms with E-state index in [1.807, 2.05) is 43.3 Å². The topological polar surface area (TPSA) is 0 Å². The maximum atomic E-state index is 13.8. The first kappa shape index (κ1) is 10.4. The van der Waals surface area contributed by atoms with Crippen molar-refractivity contribution in [3.05, 3.63) is 58.3 Å². The van der Waals surface area contributed by atoms with Gasteiger partial charge in [-0.1, -0.05) is 46.3 Å². The molecular formula is C13H10BrF. The van der Waals surface area contributed by atoms with E-state index >= 15 is 0 Å². The number of halogens is 2. The van der Waals surface area contributed by atoms with E-state index in [1.165, 1.54) is 6.07 Å². The van der Waals surface area contributed by atoms with Gasteiger partial charge in [0.25, 0.3) is 0 Å². The number of hydrogen-bond acceptors (Lipinski definition) is 0. The lowest BCUT2D eigenvalue weighted by molar-refractivity contribution is 0.629. The fraction of sp³-hybridized carbons (Fsp3) is 0.0769. The van der Waals surface area contributed by atoms with Crippen LogP contribution in [-0.4, -0.2) is 0 Å². The Balaban J connectivity index is 2.64. The third-order valence-electron chi connectivity index (χ3n) is 2.31. The van der Waals surface area contributed by atoms with Crippen molar-refractivity contribution in [1.29, 1.82) is 0 Å². The van der Waals surface area contributed by atoms with E-state index in [1.54, 1.807) is 0 Å². The summed E-state index contributed by atoms with van der Waals surface area (Å²) < 4.78 is 14.5. The molecule has 0 fully saturated rings.